The molecule has 0 aliphatic heterocycles. The lowest BCUT2D eigenvalue weighted by Crippen LogP contribution is -2.32. The number of carbonyl (C=O) groups excluding carboxylic acids is 1. The quantitative estimate of drug-likeness (QED) is 0.375. The molecule has 0 radical (unpaired) electrons. The summed E-state index contributed by atoms with van der Waals surface area (Å²) in [5.41, 5.74) is 2.66. The number of nitrogens with one attached hydrogen (secondary N) is 1. The van der Waals surface area contributed by atoms with Crippen LogP contribution in [-0.4, -0.2) is 25.2 Å². The van der Waals surface area contributed by atoms with E-state index in [4.69, 9.17) is 0 Å². The highest BCUT2D eigenvalue weighted by atomic mass is 19.1. The van der Waals surface area contributed by atoms with Gasteiger partial charge in [-0.3, -0.25) is 14.2 Å². The Morgan fingerprint density at radius 1 is 0.944 bits per heavy atom. The Balaban J connectivity index is 1.37. The largest absolute Gasteiger partial charge is 0.345 e. The van der Waals surface area contributed by atoms with Gasteiger partial charge in [0.1, 0.15) is 17.0 Å². The van der Waals surface area contributed by atoms with Crippen LogP contribution in [0.2, 0.25) is 0 Å². The van der Waals surface area contributed by atoms with Crippen LogP contribution in [0.4, 0.5) is 4.39 Å². The Bertz CT molecular complexity index is 1520. The minimum atomic E-state index is -0.359. The first-order chi connectivity index (χ1) is 17.5. The van der Waals surface area contributed by atoms with Gasteiger partial charge in [0.25, 0.3) is 5.56 Å². The Morgan fingerprint density at radius 2 is 1.56 bits per heavy atom. The van der Waals surface area contributed by atoms with Crippen molar-refractivity contribution in [3.8, 4) is 5.69 Å². The molecule has 0 aliphatic rings. The predicted molar refractivity (Wildman–Crippen MR) is 135 cm³/mol. The molecule has 0 spiro atoms. The van der Waals surface area contributed by atoms with Crippen molar-refractivity contribution in [1.29, 1.82) is 0 Å². The third-order valence-electron chi connectivity index (χ3n) is 6.08. The number of amides is 1. The molecule has 180 valence electrons. The number of fused-ring (bicyclic) bond motifs is 1. The number of benzene rings is 3. The minimum Gasteiger partial charge on any atom is -0.345 e. The third-order valence-corrected chi connectivity index (χ3v) is 6.08. The van der Waals surface area contributed by atoms with E-state index in [1.807, 2.05) is 60.7 Å². The Hall–Kier alpha value is -4.59. The van der Waals surface area contributed by atoms with Crippen LogP contribution < -0.4 is 10.9 Å². The molecule has 5 aromatic rings. The van der Waals surface area contributed by atoms with Crippen molar-refractivity contribution in [3.63, 3.8) is 0 Å². The van der Waals surface area contributed by atoms with E-state index in [0.717, 1.165) is 11.1 Å². The van der Waals surface area contributed by atoms with Gasteiger partial charge in [-0.1, -0.05) is 60.7 Å². The molecule has 0 fully saturated rings. The van der Waals surface area contributed by atoms with Crippen LogP contribution in [0.3, 0.4) is 0 Å². The Labute approximate surface area is 206 Å². The highest BCUT2D eigenvalue weighted by molar-refractivity contribution is 5.77. The summed E-state index contributed by atoms with van der Waals surface area (Å²) >= 11 is 0. The average molecular weight is 482 g/mol. The number of aryl methyl sites for hydroxylation is 1. The molecule has 8 heteroatoms. The second kappa shape index (κ2) is 9.95. The summed E-state index contributed by atoms with van der Waals surface area (Å²) in [5.74, 6) is -0.0744. The molecule has 2 aromatic heterocycles. The van der Waals surface area contributed by atoms with Crippen LogP contribution in [0.1, 0.15) is 29.4 Å². The number of halogens is 1. The van der Waals surface area contributed by atoms with Crippen molar-refractivity contribution < 1.29 is 9.18 Å². The lowest BCUT2D eigenvalue weighted by Gasteiger charge is -2.20. The maximum absolute atomic E-state index is 13.3. The van der Waals surface area contributed by atoms with Gasteiger partial charge in [-0.15, -0.1) is 0 Å². The summed E-state index contributed by atoms with van der Waals surface area (Å²) in [6, 6.07) is 25.0. The minimum absolute atomic E-state index is 0.107. The second-order valence-electron chi connectivity index (χ2n) is 8.46. The number of aromatic nitrogens is 4. The molecule has 1 N–H and O–H groups in total. The second-order valence-corrected chi connectivity index (χ2v) is 8.46. The number of carbonyl (C=O) groups is 1. The smallest absolute Gasteiger partial charge is 0.264 e. The summed E-state index contributed by atoms with van der Waals surface area (Å²) in [7, 11) is 0. The molecular weight excluding hydrogens is 457 g/mol. The Kier molecular flexibility index (Phi) is 6.40. The van der Waals surface area contributed by atoms with Gasteiger partial charge in [-0.05, 0) is 42.3 Å². The molecule has 0 bridgehead atoms. The zero-order valence-corrected chi connectivity index (χ0v) is 19.6. The van der Waals surface area contributed by atoms with Crippen LogP contribution >= 0.6 is 0 Å². The maximum Gasteiger partial charge on any atom is 0.264 e. The highest BCUT2D eigenvalue weighted by Gasteiger charge is 2.18. The van der Waals surface area contributed by atoms with Gasteiger partial charge in [-0.2, -0.15) is 5.10 Å². The average Bonchev–Trinajstić information content (AvgIpc) is 3.32. The van der Waals surface area contributed by atoms with Crippen molar-refractivity contribution in [2.45, 2.75) is 25.9 Å². The summed E-state index contributed by atoms with van der Waals surface area (Å²) in [6.45, 7) is 1.90. The zero-order valence-electron chi connectivity index (χ0n) is 19.6. The van der Waals surface area contributed by atoms with Gasteiger partial charge in [0.2, 0.25) is 5.91 Å². The predicted octanol–water partition coefficient (Wildman–Crippen LogP) is 4.33. The van der Waals surface area contributed by atoms with Gasteiger partial charge in [0.15, 0.2) is 5.65 Å². The van der Waals surface area contributed by atoms with Gasteiger partial charge in [-0.25, -0.2) is 14.1 Å². The summed E-state index contributed by atoms with van der Waals surface area (Å²) in [5, 5.41) is 7.71. The van der Waals surface area contributed by atoms with E-state index < -0.39 is 0 Å². The van der Waals surface area contributed by atoms with Crippen LogP contribution in [0.25, 0.3) is 16.7 Å². The van der Waals surface area contributed by atoms with Gasteiger partial charge in [0, 0.05) is 13.0 Å². The fourth-order valence-corrected chi connectivity index (χ4v) is 4.24. The lowest BCUT2D eigenvalue weighted by molar-refractivity contribution is -0.121. The van der Waals surface area contributed by atoms with Crippen LogP contribution in [0.5, 0.6) is 0 Å². The highest BCUT2D eigenvalue weighted by Crippen LogP contribution is 2.22. The number of hydrogen-bond donors (Lipinski definition) is 1. The van der Waals surface area contributed by atoms with Gasteiger partial charge < -0.3 is 5.32 Å². The molecule has 2 heterocycles. The van der Waals surface area contributed by atoms with Crippen molar-refractivity contribution in [2.75, 3.05) is 0 Å². The van der Waals surface area contributed by atoms with E-state index in [1.165, 1.54) is 27.6 Å². The molecule has 1 amide bonds. The fourth-order valence-electron chi connectivity index (χ4n) is 4.24. The van der Waals surface area contributed by atoms with Gasteiger partial charge >= 0.3 is 0 Å². The first kappa shape index (κ1) is 23.2. The summed E-state index contributed by atoms with van der Waals surface area (Å²) in [6.07, 6.45) is 1.56. The Morgan fingerprint density at radius 3 is 2.17 bits per heavy atom. The topological polar surface area (TPSA) is 81.8 Å². The molecular formula is C28H24FN5O2. The molecule has 0 atom stereocenters. The first-order valence-electron chi connectivity index (χ1n) is 11.6. The zero-order chi connectivity index (χ0) is 25.1. The molecule has 0 saturated carbocycles. The normalized spacial score (nSPS) is 11.2. The number of nitrogens with zero attached hydrogens (tertiary/aromatic N) is 4. The monoisotopic (exact) mass is 481 g/mol. The van der Waals surface area contributed by atoms with Gasteiger partial charge in [0.05, 0.1) is 17.9 Å². The van der Waals surface area contributed by atoms with E-state index in [-0.39, 0.29) is 36.3 Å². The number of hydrogen-bond acceptors (Lipinski definition) is 4. The van der Waals surface area contributed by atoms with Crippen molar-refractivity contribution in [2.24, 2.45) is 0 Å². The molecule has 0 unspecified atom stereocenters. The first-order valence-corrected chi connectivity index (χ1v) is 11.6. The van der Waals surface area contributed by atoms with E-state index in [9.17, 15) is 14.0 Å². The molecule has 3 aromatic carbocycles. The fraction of sp³-hybridized carbons (Fsp3) is 0.143. The van der Waals surface area contributed by atoms with Crippen molar-refractivity contribution in [3.05, 3.63) is 124 Å². The standard InChI is InChI=1S/C28H24FN5O2/c1-19-31-27-24(18-30-34(27)23-14-12-22(29)13-15-23)28(36)33(19)17-16-25(35)32-26(20-8-4-2-5-9-20)21-10-6-3-7-11-21/h2-15,18,26H,16-17H2,1H3,(H,32,35). The molecule has 7 nitrogen and oxygen atoms in total. The van der Waals surface area contributed by atoms with Crippen LogP contribution in [0, 0.1) is 12.7 Å². The molecule has 5 rings (SSSR count). The maximum atomic E-state index is 13.3. The van der Waals surface area contributed by atoms with E-state index in [1.54, 1.807) is 19.1 Å². The van der Waals surface area contributed by atoms with E-state index >= 15 is 0 Å². The van der Waals surface area contributed by atoms with Crippen LogP contribution in [0.15, 0.2) is 95.9 Å². The summed E-state index contributed by atoms with van der Waals surface area (Å²) < 4.78 is 16.3. The van der Waals surface area contributed by atoms with Crippen molar-refractivity contribution >= 4 is 16.9 Å². The van der Waals surface area contributed by atoms with E-state index in [0.29, 0.717) is 22.5 Å². The van der Waals surface area contributed by atoms with E-state index in [2.05, 4.69) is 15.4 Å². The summed E-state index contributed by atoms with van der Waals surface area (Å²) in [4.78, 5) is 30.8. The molecule has 0 saturated heterocycles. The van der Waals surface area contributed by atoms with Crippen molar-refractivity contribution in [1.82, 2.24) is 24.6 Å². The number of rotatable bonds is 7. The third kappa shape index (κ3) is 4.65. The lowest BCUT2D eigenvalue weighted by atomic mass is 9.98. The van der Waals surface area contributed by atoms with Crippen LogP contribution in [-0.2, 0) is 11.3 Å². The molecule has 36 heavy (non-hydrogen) atoms. The molecule has 0 aliphatic carbocycles. The SMILES string of the molecule is Cc1nc2c(cnn2-c2ccc(F)cc2)c(=O)n1CCC(=O)NC(c1ccccc1)c1ccccc1.